The van der Waals surface area contributed by atoms with Gasteiger partial charge in [-0.3, -0.25) is 15.0 Å². The van der Waals surface area contributed by atoms with Crippen molar-refractivity contribution in [2.24, 2.45) is 0 Å². The minimum Gasteiger partial charge on any atom is -0.335 e. The van der Waals surface area contributed by atoms with E-state index in [2.05, 4.69) is 20.4 Å². The molecule has 0 unspecified atom stereocenters. The highest BCUT2D eigenvalue weighted by molar-refractivity contribution is 5.95. The third-order valence-corrected chi connectivity index (χ3v) is 4.98. The number of nitrogens with zero attached hydrogens (tertiary/aromatic N) is 2. The van der Waals surface area contributed by atoms with E-state index in [1.54, 1.807) is 0 Å². The van der Waals surface area contributed by atoms with Crippen LogP contribution in [-0.4, -0.2) is 66.5 Å². The van der Waals surface area contributed by atoms with Crippen molar-refractivity contribution in [1.29, 1.82) is 0 Å². The fourth-order valence-corrected chi connectivity index (χ4v) is 3.59. The monoisotopic (exact) mass is 308 g/mol. The van der Waals surface area contributed by atoms with Crippen molar-refractivity contribution in [2.45, 2.75) is 57.0 Å². The molecule has 0 aromatic heterocycles. The van der Waals surface area contributed by atoms with Gasteiger partial charge in [-0.25, -0.2) is 4.79 Å². The number of imide groups is 1. The Morgan fingerprint density at radius 1 is 0.909 bits per heavy atom. The lowest BCUT2D eigenvalue weighted by atomic mass is 10.1. The smallest absolute Gasteiger partial charge is 0.321 e. The SMILES string of the molecule is O=C(CN1CCC[C@@H](N2CCCC2)CC1)NC(=O)NC1CC1. The van der Waals surface area contributed by atoms with Crippen molar-refractivity contribution in [3.05, 3.63) is 0 Å². The summed E-state index contributed by atoms with van der Waals surface area (Å²) in [6.45, 7) is 4.74. The average Bonchev–Trinajstić information content (AvgIpc) is 3.17. The number of hydrogen-bond acceptors (Lipinski definition) is 4. The number of carbonyl (C=O) groups excluding carboxylic acids is 2. The lowest BCUT2D eigenvalue weighted by molar-refractivity contribution is -0.121. The van der Waals surface area contributed by atoms with Crippen molar-refractivity contribution in [2.75, 3.05) is 32.7 Å². The standard InChI is InChI=1S/C16H28N4O2/c21-15(18-16(22)17-13-5-6-13)12-19-8-3-4-14(7-11-19)20-9-1-2-10-20/h13-14H,1-12H2,(H2,17,18,21,22)/t14-/m1/s1. The van der Waals surface area contributed by atoms with Gasteiger partial charge in [-0.2, -0.15) is 0 Å². The van der Waals surface area contributed by atoms with Gasteiger partial charge in [-0.1, -0.05) is 0 Å². The number of rotatable bonds is 4. The second kappa shape index (κ2) is 7.42. The van der Waals surface area contributed by atoms with E-state index in [1.165, 1.54) is 32.4 Å². The molecule has 1 saturated carbocycles. The summed E-state index contributed by atoms with van der Waals surface area (Å²) in [5, 5.41) is 5.23. The van der Waals surface area contributed by atoms with Crippen LogP contribution in [-0.2, 0) is 4.79 Å². The first-order chi connectivity index (χ1) is 10.7. The zero-order valence-corrected chi connectivity index (χ0v) is 13.4. The highest BCUT2D eigenvalue weighted by atomic mass is 16.2. The van der Waals surface area contributed by atoms with Crippen LogP contribution in [0.25, 0.3) is 0 Å². The van der Waals surface area contributed by atoms with Crippen LogP contribution >= 0.6 is 0 Å². The maximum atomic E-state index is 11.9. The maximum Gasteiger partial charge on any atom is 0.321 e. The summed E-state index contributed by atoms with van der Waals surface area (Å²) in [4.78, 5) is 28.3. The van der Waals surface area contributed by atoms with Crippen molar-refractivity contribution in [1.82, 2.24) is 20.4 Å². The topological polar surface area (TPSA) is 64.7 Å². The summed E-state index contributed by atoms with van der Waals surface area (Å²) in [6, 6.07) is 0.637. The molecule has 6 nitrogen and oxygen atoms in total. The van der Waals surface area contributed by atoms with E-state index in [0.29, 0.717) is 12.6 Å². The largest absolute Gasteiger partial charge is 0.335 e. The van der Waals surface area contributed by atoms with Gasteiger partial charge in [0.15, 0.2) is 0 Å². The summed E-state index contributed by atoms with van der Waals surface area (Å²) < 4.78 is 0. The third-order valence-electron chi connectivity index (χ3n) is 4.98. The van der Waals surface area contributed by atoms with E-state index in [4.69, 9.17) is 0 Å². The Morgan fingerprint density at radius 2 is 1.68 bits per heavy atom. The quantitative estimate of drug-likeness (QED) is 0.811. The number of urea groups is 1. The molecule has 2 N–H and O–H groups in total. The predicted octanol–water partition coefficient (Wildman–Crippen LogP) is 0.925. The van der Waals surface area contributed by atoms with Crippen LogP contribution in [0.5, 0.6) is 0 Å². The van der Waals surface area contributed by atoms with Gasteiger partial charge in [0.05, 0.1) is 6.54 Å². The Labute approximate surface area is 132 Å². The molecule has 1 aliphatic carbocycles. The Balaban J connectivity index is 1.38. The number of amides is 3. The molecule has 3 rings (SSSR count). The van der Waals surface area contributed by atoms with Gasteiger partial charge in [-0.15, -0.1) is 0 Å². The molecule has 3 aliphatic rings. The zero-order chi connectivity index (χ0) is 15.4. The van der Waals surface area contributed by atoms with E-state index in [9.17, 15) is 9.59 Å². The average molecular weight is 308 g/mol. The molecule has 3 fully saturated rings. The summed E-state index contributed by atoms with van der Waals surface area (Å²) >= 11 is 0. The molecule has 0 spiro atoms. The second-order valence-electron chi connectivity index (χ2n) is 6.90. The fourth-order valence-electron chi connectivity index (χ4n) is 3.59. The molecule has 2 aliphatic heterocycles. The molecule has 22 heavy (non-hydrogen) atoms. The minimum atomic E-state index is -0.336. The summed E-state index contributed by atoms with van der Waals surface area (Å²) in [5.74, 6) is -0.183. The number of nitrogens with one attached hydrogen (secondary N) is 2. The van der Waals surface area contributed by atoms with Crippen LogP contribution in [0.1, 0.15) is 44.9 Å². The molecule has 2 heterocycles. The molecular formula is C16H28N4O2. The lowest BCUT2D eigenvalue weighted by Crippen LogP contribution is -2.45. The van der Waals surface area contributed by atoms with Crippen molar-refractivity contribution >= 4 is 11.9 Å². The van der Waals surface area contributed by atoms with Crippen LogP contribution in [0, 0.1) is 0 Å². The van der Waals surface area contributed by atoms with Crippen molar-refractivity contribution in [3.63, 3.8) is 0 Å². The third kappa shape index (κ3) is 4.68. The first-order valence-electron chi connectivity index (χ1n) is 8.77. The van der Waals surface area contributed by atoms with Gasteiger partial charge in [0.2, 0.25) is 5.91 Å². The van der Waals surface area contributed by atoms with E-state index in [0.717, 1.165) is 38.8 Å². The van der Waals surface area contributed by atoms with Gasteiger partial charge < -0.3 is 10.2 Å². The maximum absolute atomic E-state index is 11.9. The highest BCUT2D eigenvalue weighted by Gasteiger charge is 2.26. The molecular weight excluding hydrogens is 280 g/mol. The molecule has 2 saturated heterocycles. The molecule has 124 valence electrons. The van der Waals surface area contributed by atoms with Crippen LogP contribution in [0.4, 0.5) is 4.79 Å². The highest BCUT2D eigenvalue weighted by Crippen LogP contribution is 2.21. The number of likely N-dealkylation sites (tertiary alicyclic amines) is 2. The summed E-state index contributed by atoms with van der Waals surface area (Å²) in [7, 11) is 0. The van der Waals surface area contributed by atoms with Gasteiger partial charge in [0.25, 0.3) is 0 Å². The van der Waals surface area contributed by atoms with Crippen molar-refractivity contribution < 1.29 is 9.59 Å². The molecule has 1 atom stereocenters. The van der Waals surface area contributed by atoms with Crippen LogP contribution in [0.15, 0.2) is 0 Å². The molecule has 6 heteroatoms. The van der Waals surface area contributed by atoms with Crippen LogP contribution in [0.3, 0.4) is 0 Å². The predicted molar refractivity (Wildman–Crippen MR) is 84.6 cm³/mol. The zero-order valence-electron chi connectivity index (χ0n) is 13.4. The van der Waals surface area contributed by atoms with E-state index in [1.807, 2.05) is 0 Å². The lowest BCUT2D eigenvalue weighted by Gasteiger charge is -2.26. The Kier molecular flexibility index (Phi) is 5.31. The normalized spacial score (nSPS) is 27.4. The Morgan fingerprint density at radius 3 is 2.41 bits per heavy atom. The molecule has 0 bridgehead atoms. The van der Waals surface area contributed by atoms with Crippen LogP contribution < -0.4 is 10.6 Å². The van der Waals surface area contributed by atoms with Gasteiger partial charge in [0.1, 0.15) is 0 Å². The van der Waals surface area contributed by atoms with E-state index < -0.39 is 0 Å². The van der Waals surface area contributed by atoms with Gasteiger partial charge in [-0.05, 0) is 64.6 Å². The number of hydrogen-bond donors (Lipinski definition) is 2. The van der Waals surface area contributed by atoms with Gasteiger partial charge >= 0.3 is 6.03 Å². The summed E-state index contributed by atoms with van der Waals surface area (Å²) in [5.41, 5.74) is 0. The molecule has 3 amide bonds. The first-order valence-corrected chi connectivity index (χ1v) is 8.77. The molecule has 0 aromatic carbocycles. The fraction of sp³-hybridized carbons (Fsp3) is 0.875. The van der Waals surface area contributed by atoms with Crippen molar-refractivity contribution in [3.8, 4) is 0 Å². The van der Waals surface area contributed by atoms with E-state index in [-0.39, 0.29) is 18.0 Å². The summed E-state index contributed by atoms with van der Waals surface area (Å²) in [6.07, 6.45) is 8.25. The number of carbonyl (C=O) groups is 2. The second-order valence-corrected chi connectivity index (χ2v) is 6.90. The minimum absolute atomic E-state index is 0.183. The van der Waals surface area contributed by atoms with Crippen LogP contribution in [0.2, 0.25) is 0 Å². The molecule has 0 aromatic rings. The Hall–Kier alpha value is -1.14. The molecule has 0 radical (unpaired) electrons. The van der Waals surface area contributed by atoms with E-state index >= 15 is 0 Å². The Bertz CT molecular complexity index is 405. The van der Waals surface area contributed by atoms with Gasteiger partial charge in [0, 0.05) is 18.6 Å². The first kappa shape index (κ1) is 15.7.